The number of nitrogens with zero attached hydrogens (tertiary/aromatic N) is 1. The first kappa shape index (κ1) is 12.2. The Kier molecular flexibility index (Phi) is 2.93. The summed E-state index contributed by atoms with van der Waals surface area (Å²) in [4.78, 5) is 4.56. The largest absolute Gasteiger partial charge is 0.389 e. The second kappa shape index (κ2) is 4.34. The SMILES string of the molecule is CC(C)C1CC(O)(C2CCCc3cccnc32)C1. The zero-order valence-electron chi connectivity index (χ0n) is 11.4. The van der Waals surface area contributed by atoms with Gasteiger partial charge in [0.1, 0.15) is 0 Å². The number of fused-ring (bicyclic) bond motifs is 1. The second-order valence-corrected chi connectivity index (χ2v) is 6.51. The summed E-state index contributed by atoms with van der Waals surface area (Å²) in [5.41, 5.74) is 2.06. The summed E-state index contributed by atoms with van der Waals surface area (Å²) in [6.07, 6.45) is 7.22. The average Bonchev–Trinajstić information content (AvgIpc) is 2.34. The molecule has 0 aliphatic heterocycles. The molecule has 18 heavy (non-hydrogen) atoms. The molecule has 1 aromatic rings. The number of pyridine rings is 1. The van der Waals surface area contributed by atoms with E-state index in [1.54, 1.807) is 0 Å². The van der Waals surface area contributed by atoms with Crippen LogP contribution in [0.25, 0.3) is 0 Å². The van der Waals surface area contributed by atoms with Crippen molar-refractivity contribution >= 4 is 0 Å². The van der Waals surface area contributed by atoms with Gasteiger partial charge in [-0.25, -0.2) is 0 Å². The fourth-order valence-corrected chi connectivity index (χ4v) is 3.74. The van der Waals surface area contributed by atoms with Crippen LogP contribution >= 0.6 is 0 Å². The van der Waals surface area contributed by atoms with Crippen LogP contribution < -0.4 is 0 Å². The van der Waals surface area contributed by atoms with Gasteiger partial charge in [0.05, 0.1) is 5.60 Å². The van der Waals surface area contributed by atoms with Crippen LogP contribution in [-0.4, -0.2) is 15.7 Å². The van der Waals surface area contributed by atoms with Crippen molar-refractivity contribution in [3.8, 4) is 0 Å². The van der Waals surface area contributed by atoms with Gasteiger partial charge in [-0.3, -0.25) is 4.98 Å². The van der Waals surface area contributed by atoms with Gasteiger partial charge in [-0.1, -0.05) is 19.9 Å². The molecule has 2 aliphatic carbocycles. The zero-order valence-corrected chi connectivity index (χ0v) is 11.4. The lowest BCUT2D eigenvalue weighted by Crippen LogP contribution is -2.51. The first-order valence-corrected chi connectivity index (χ1v) is 7.26. The van der Waals surface area contributed by atoms with Gasteiger partial charge in [0.25, 0.3) is 0 Å². The van der Waals surface area contributed by atoms with E-state index in [-0.39, 0.29) is 5.92 Å². The smallest absolute Gasteiger partial charge is 0.0736 e. The van der Waals surface area contributed by atoms with Crippen molar-refractivity contribution < 1.29 is 5.11 Å². The topological polar surface area (TPSA) is 33.1 Å². The van der Waals surface area contributed by atoms with E-state index < -0.39 is 5.60 Å². The highest BCUT2D eigenvalue weighted by Crippen LogP contribution is 2.52. The highest BCUT2D eigenvalue weighted by atomic mass is 16.3. The predicted molar refractivity (Wildman–Crippen MR) is 72.4 cm³/mol. The highest BCUT2D eigenvalue weighted by molar-refractivity contribution is 5.29. The van der Waals surface area contributed by atoms with E-state index in [4.69, 9.17) is 0 Å². The number of rotatable bonds is 2. The van der Waals surface area contributed by atoms with Crippen molar-refractivity contribution in [2.24, 2.45) is 11.8 Å². The lowest BCUT2D eigenvalue weighted by molar-refractivity contribution is -0.110. The highest BCUT2D eigenvalue weighted by Gasteiger charge is 2.50. The fraction of sp³-hybridized carbons (Fsp3) is 0.688. The van der Waals surface area contributed by atoms with Gasteiger partial charge in [0, 0.05) is 17.8 Å². The van der Waals surface area contributed by atoms with E-state index >= 15 is 0 Å². The van der Waals surface area contributed by atoms with E-state index in [9.17, 15) is 5.11 Å². The van der Waals surface area contributed by atoms with Crippen molar-refractivity contribution in [2.75, 3.05) is 0 Å². The first-order valence-electron chi connectivity index (χ1n) is 7.26. The number of hydrogen-bond acceptors (Lipinski definition) is 2. The van der Waals surface area contributed by atoms with Crippen LogP contribution in [0.4, 0.5) is 0 Å². The Hall–Kier alpha value is -0.890. The fourth-order valence-electron chi connectivity index (χ4n) is 3.74. The molecule has 1 saturated carbocycles. The molecule has 1 atom stereocenters. The normalized spacial score (nSPS) is 35.1. The molecule has 0 bridgehead atoms. The Labute approximate surface area is 109 Å². The number of aryl methyl sites for hydroxylation is 1. The predicted octanol–water partition coefficient (Wildman–Crippen LogP) is 3.30. The molecule has 0 saturated heterocycles. The molecule has 1 fully saturated rings. The van der Waals surface area contributed by atoms with Crippen molar-refractivity contribution in [3.63, 3.8) is 0 Å². The maximum absolute atomic E-state index is 10.9. The third-order valence-electron chi connectivity index (χ3n) is 5.02. The molecule has 0 radical (unpaired) electrons. The monoisotopic (exact) mass is 245 g/mol. The van der Waals surface area contributed by atoms with Crippen LogP contribution in [0.5, 0.6) is 0 Å². The molecule has 98 valence electrons. The molecule has 1 heterocycles. The lowest BCUT2D eigenvalue weighted by Gasteiger charge is -2.51. The summed E-state index contributed by atoms with van der Waals surface area (Å²) in [5, 5.41) is 10.9. The Morgan fingerprint density at radius 3 is 2.89 bits per heavy atom. The quantitative estimate of drug-likeness (QED) is 0.867. The van der Waals surface area contributed by atoms with Crippen LogP contribution in [0.3, 0.4) is 0 Å². The van der Waals surface area contributed by atoms with E-state index in [1.807, 2.05) is 12.3 Å². The number of hydrogen-bond donors (Lipinski definition) is 1. The van der Waals surface area contributed by atoms with Gasteiger partial charge in [0.2, 0.25) is 0 Å². The van der Waals surface area contributed by atoms with Gasteiger partial charge >= 0.3 is 0 Å². The maximum Gasteiger partial charge on any atom is 0.0736 e. The lowest BCUT2D eigenvalue weighted by atomic mass is 9.58. The number of aliphatic hydroxyl groups is 1. The molecule has 3 rings (SSSR count). The van der Waals surface area contributed by atoms with Gasteiger partial charge < -0.3 is 5.11 Å². The van der Waals surface area contributed by atoms with Gasteiger partial charge in [-0.2, -0.15) is 0 Å². The summed E-state index contributed by atoms with van der Waals surface area (Å²) in [7, 11) is 0. The molecular weight excluding hydrogens is 222 g/mol. The Morgan fingerprint density at radius 2 is 2.17 bits per heavy atom. The minimum atomic E-state index is -0.474. The zero-order chi connectivity index (χ0) is 12.8. The van der Waals surface area contributed by atoms with Gasteiger partial charge in [0.15, 0.2) is 0 Å². The molecule has 1 unspecified atom stereocenters. The molecule has 1 aromatic heterocycles. The molecular formula is C16H23NO. The van der Waals surface area contributed by atoms with Crippen LogP contribution in [0, 0.1) is 11.8 Å². The third kappa shape index (κ3) is 1.87. The molecule has 2 nitrogen and oxygen atoms in total. The van der Waals surface area contributed by atoms with Crippen LogP contribution in [-0.2, 0) is 6.42 Å². The summed E-state index contributed by atoms with van der Waals surface area (Å²) in [6, 6.07) is 4.19. The van der Waals surface area contributed by atoms with E-state index in [2.05, 4.69) is 24.9 Å². The Balaban J connectivity index is 1.83. The van der Waals surface area contributed by atoms with E-state index in [1.165, 1.54) is 17.7 Å². The summed E-state index contributed by atoms with van der Waals surface area (Å²) in [5.74, 6) is 1.67. The van der Waals surface area contributed by atoms with Crippen LogP contribution in [0.15, 0.2) is 18.3 Å². The number of aromatic nitrogens is 1. The summed E-state index contributed by atoms with van der Waals surface area (Å²) >= 11 is 0. The van der Waals surface area contributed by atoms with Crippen molar-refractivity contribution in [1.82, 2.24) is 4.98 Å². The Bertz CT molecular complexity index is 434. The van der Waals surface area contributed by atoms with Crippen LogP contribution in [0.2, 0.25) is 0 Å². The molecule has 2 aliphatic rings. The molecule has 0 aromatic carbocycles. The Morgan fingerprint density at radius 1 is 1.39 bits per heavy atom. The minimum Gasteiger partial charge on any atom is -0.389 e. The first-order chi connectivity index (χ1) is 8.60. The van der Waals surface area contributed by atoms with Crippen molar-refractivity contribution in [2.45, 2.75) is 57.5 Å². The standard InChI is InChI=1S/C16H23NO/c1-11(2)13-9-16(18,10-13)14-7-3-5-12-6-4-8-17-15(12)14/h4,6,8,11,13-14,18H,3,5,7,9-10H2,1-2H3. The minimum absolute atomic E-state index is 0.275. The summed E-state index contributed by atoms with van der Waals surface area (Å²) in [6.45, 7) is 4.52. The maximum atomic E-state index is 10.9. The van der Waals surface area contributed by atoms with Gasteiger partial charge in [-0.15, -0.1) is 0 Å². The van der Waals surface area contributed by atoms with Gasteiger partial charge in [-0.05, 0) is 55.6 Å². The third-order valence-corrected chi connectivity index (χ3v) is 5.02. The van der Waals surface area contributed by atoms with E-state index in [0.29, 0.717) is 11.8 Å². The van der Waals surface area contributed by atoms with E-state index in [0.717, 1.165) is 25.7 Å². The molecule has 2 heteroatoms. The van der Waals surface area contributed by atoms with Crippen molar-refractivity contribution in [3.05, 3.63) is 29.6 Å². The summed E-state index contributed by atoms with van der Waals surface area (Å²) < 4.78 is 0. The van der Waals surface area contributed by atoms with Crippen molar-refractivity contribution in [1.29, 1.82) is 0 Å². The average molecular weight is 245 g/mol. The molecule has 0 amide bonds. The molecule has 0 spiro atoms. The molecule has 1 N–H and O–H groups in total. The van der Waals surface area contributed by atoms with Crippen LogP contribution in [0.1, 0.15) is 56.7 Å². The second-order valence-electron chi connectivity index (χ2n) is 6.51.